The van der Waals surface area contributed by atoms with Gasteiger partial charge in [0.25, 0.3) is 0 Å². The maximum Gasteiger partial charge on any atom is 0.126 e. The predicted octanol–water partition coefficient (Wildman–Crippen LogP) is 3.11. The molecule has 4 nitrogen and oxygen atoms in total. The fourth-order valence-electron chi connectivity index (χ4n) is 1.35. The van der Waals surface area contributed by atoms with E-state index < -0.39 is 0 Å². The molecule has 0 aromatic carbocycles. The first kappa shape index (κ1) is 15.4. The topological polar surface area (TPSA) is 40.0 Å². The molecule has 0 atom stereocenters. The monoisotopic (exact) mass is 236 g/mol. The van der Waals surface area contributed by atoms with Crippen molar-refractivity contribution in [2.45, 2.75) is 47.1 Å². The van der Waals surface area contributed by atoms with Gasteiger partial charge >= 0.3 is 0 Å². The van der Waals surface area contributed by atoms with E-state index in [0.29, 0.717) is 0 Å². The van der Waals surface area contributed by atoms with E-state index >= 15 is 0 Å². The van der Waals surface area contributed by atoms with Crippen molar-refractivity contribution >= 4 is 12.9 Å². The minimum atomic E-state index is -0.134. The van der Waals surface area contributed by atoms with Crippen LogP contribution in [0.3, 0.4) is 0 Å². The van der Waals surface area contributed by atoms with Gasteiger partial charge in [0.1, 0.15) is 11.6 Å². The van der Waals surface area contributed by atoms with Gasteiger partial charge in [-0.2, -0.15) is 5.10 Å². The van der Waals surface area contributed by atoms with Crippen LogP contribution in [-0.2, 0) is 0 Å². The number of hydrazone groups is 1. The van der Waals surface area contributed by atoms with E-state index in [4.69, 9.17) is 0 Å². The molecule has 0 radical (unpaired) electrons. The van der Waals surface area contributed by atoms with E-state index in [1.54, 1.807) is 6.21 Å². The highest BCUT2D eigenvalue weighted by atomic mass is 15.5. The van der Waals surface area contributed by atoms with Crippen molar-refractivity contribution in [1.29, 1.82) is 0 Å². The summed E-state index contributed by atoms with van der Waals surface area (Å²) < 4.78 is 0. The van der Waals surface area contributed by atoms with Crippen molar-refractivity contribution in [1.82, 2.24) is 10.3 Å². The van der Waals surface area contributed by atoms with Gasteiger partial charge in [0, 0.05) is 12.9 Å². The van der Waals surface area contributed by atoms with Crippen LogP contribution in [-0.4, -0.2) is 23.5 Å². The second kappa shape index (κ2) is 6.89. The van der Waals surface area contributed by atoms with Gasteiger partial charge in [-0.25, -0.2) is 10.0 Å². The van der Waals surface area contributed by atoms with E-state index in [-0.39, 0.29) is 5.54 Å². The van der Waals surface area contributed by atoms with Gasteiger partial charge in [0.2, 0.25) is 0 Å². The van der Waals surface area contributed by atoms with Crippen molar-refractivity contribution in [3.63, 3.8) is 0 Å². The van der Waals surface area contributed by atoms with Crippen LogP contribution in [0.15, 0.2) is 33.9 Å². The van der Waals surface area contributed by atoms with Gasteiger partial charge in [-0.3, -0.25) is 0 Å². The summed E-state index contributed by atoms with van der Waals surface area (Å²) in [7, 11) is 0. The largest absolute Gasteiger partial charge is 0.326 e. The quantitative estimate of drug-likeness (QED) is 0.588. The molecule has 0 spiro atoms. The Morgan fingerprint density at radius 3 is 2.06 bits per heavy atom. The predicted molar refractivity (Wildman–Crippen MR) is 76.0 cm³/mol. The Balaban J connectivity index is 5.04. The maximum atomic E-state index is 4.22. The first-order chi connectivity index (χ1) is 7.90. The lowest BCUT2D eigenvalue weighted by Crippen LogP contribution is -2.40. The molecule has 0 saturated heterocycles. The SMILES string of the molecule is C=NN(/C(=C\C)N/C(=C/C)N=CC)C(C)(C)C. The maximum absolute atomic E-state index is 4.22. The Kier molecular flexibility index (Phi) is 6.25. The van der Waals surface area contributed by atoms with Crippen LogP contribution in [0, 0.1) is 0 Å². The molecule has 0 heterocycles. The normalized spacial score (nSPS) is 14.0. The summed E-state index contributed by atoms with van der Waals surface area (Å²) in [4.78, 5) is 4.22. The molecule has 0 aliphatic carbocycles. The van der Waals surface area contributed by atoms with E-state index in [1.807, 2.05) is 37.9 Å². The lowest BCUT2D eigenvalue weighted by molar-refractivity contribution is 0.184. The number of rotatable bonds is 5. The summed E-state index contributed by atoms with van der Waals surface area (Å²) in [6.45, 7) is 15.6. The van der Waals surface area contributed by atoms with Crippen molar-refractivity contribution in [2.75, 3.05) is 0 Å². The molecule has 0 saturated carbocycles. The standard InChI is InChI=1S/C13H24N4/c1-8-11(15-10-3)16-12(9-2)17(14-7)13(4,5)6/h8-10,16H,7H2,1-6H3/b11-8+,12-9-,15-10?. The number of hydrogen-bond acceptors (Lipinski definition) is 4. The molecule has 0 bridgehead atoms. The highest BCUT2D eigenvalue weighted by Gasteiger charge is 2.22. The minimum absolute atomic E-state index is 0.134. The second-order valence-electron chi connectivity index (χ2n) is 4.48. The van der Waals surface area contributed by atoms with Gasteiger partial charge in [-0.1, -0.05) is 0 Å². The molecule has 0 unspecified atom stereocenters. The fourth-order valence-corrected chi connectivity index (χ4v) is 1.35. The molecule has 17 heavy (non-hydrogen) atoms. The average Bonchev–Trinajstić information content (AvgIpc) is 2.25. The average molecular weight is 236 g/mol. The molecule has 0 fully saturated rings. The van der Waals surface area contributed by atoms with Crippen LogP contribution < -0.4 is 5.32 Å². The van der Waals surface area contributed by atoms with E-state index in [1.165, 1.54) is 0 Å². The molecule has 0 aromatic rings. The summed E-state index contributed by atoms with van der Waals surface area (Å²) in [6, 6.07) is 0. The summed E-state index contributed by atoms with van der Waals surface area (Å²) in [5, 5.41) is 9.11. The van der Waals surface area contributed by atoms with Crippen molar-refractivity contribution in [2.24, 2.45) is 10.1 Å². The third-order valence-corrected chi connectivity index (χ3v) is 2.08. The summed E-state index contributed by atoms with van der Waals surface area (Å²) in [5.74, 6) is 1.66. The Hall–Kier alpha value is -1.58. The van der Waals surface area contributed by atoms with Crippen molar-refractivity contribution < 1.29 is 0 Å². The summed E-state index contributed by atoms with van der Waals surface area (Å²) in [6.07, 6.45) is 5.61. The van der Waals surface area contributed by atoms with Crippen LogP contribution >= 0.6 is 0 Å². The van der Waals surface area contributed by atoms with E-state index in [9.17, 15) is 0 Å². The Bertz CT molecular complexity index is 332. The zero-order valence-corrected chi connectivity index (χ0v) is 11.8. The second-order valence-corrected chi connectivity index (χ2v) is 4.48. The zero-order valence-electron chi connectivity index (χ0n) is 11.8. The van der Waals surface area contributed by atoms with Gasteiger partial charge < -0.3 is 5.32 Å². The van der Waals surface area contributed by atoms with Crippen LogP contribution in [0.4, 0.5) is 0 Å². The number of nitrogens with one attached hydrogen (secondary N) is 1. The van der Waals surface area contributed by atoms with Gasteiger partial charge in [-0.05, 0) is 53.7 Å². The number of hydrogen-bond donors (Lipinski definition) is 1. The molecule has 0 aromatic heterocycles. The van der Waals surface area contributed by atoms with E-state index in [2.05, 4.69) is 42.9 Å². The summed E-state index contributed by atoms with van der Waals surface area (Å²) in [5.41, 5.74) is -0.134. The third-order valence-electron chi connectivity index (χ3n) is 2.08. The number of allylic oxidation sites excluding steroid dienone is 2. The molecule has 0 rings (SSSR count). The number of aliphatic imine (C=N–C) groups is 1. The molecule has 4 heteroatoms. The van der Waals surface area contributed by atoms with Crippen LogP contribution in [0.5, 0.6) is 0 Å². The highest BCUT2D eigenvalue weighted by molar-refractivity contribution is 5.55. The molecule has 0 aliphatic rings. The molecule has 0 amide bonds. The van der Waals surface area contributed by atoms with Crippen molar-refractivity contribution in [3.8, 4) is 0 Å². The van der Waals surface area contributed by atoms with Gasteiger partial charge in [0.05, 0.1) is 5.54 Å². The Labute approximate surface area is 105 Å². The lowest BCUT2D eigenvalue weighted by atomic mass is 10.1. The fraction of sp³-hybridized carbons (Fsp3) is 0.538. The Morgan fingerprint density at radius 1 is 1.18 bits per heavy atom. The third kappa shape index (κ3) is 4.85. The summed E-state index contributed by atoms with van der Waals surface area (Å²) >= 11 is 0. The minimum Gasteiger partial charge on any atom is -0.326 e. The molecular weight excluding hydrogens is 212 g/mol. The number of nitrogens with zero attached hydrogens (tertiary/aromatic N) is 3. The van der Waals surface area contributed by atoms with E-state index in [0.717, 1.165) is 11.6 Å². The first-order valence-corrected chi connectivity index (χ1v) is 5.75. The molecule has 1 N–H and O–H groups in total. The van der Waals surface area contributed by atoms with Gasteiger partial charge in [-0.15, -0.1) is 0 Å². The Morgan fingerprint density at radius 2 is 1.76 bits per heavy atom. The smallest absolute Gasteiger partial charge is 0.126 e. The van der Waals surface area contributed by atoms with Crippen LogP contribution in [0.25, 0.3) is 0 Å². The van der Waals surface area contributed by atoms with Crippen LogP contribution in [0.2, 0.25) is 0 Å². The molecular formula is C13H24N4. The van der Waals surface area contributed by atoms with Gasteiger partial charge in [0.15, 0.2) is 0 Å². The van der Waals surface area contributed by atoms with Crippen molar-refractivity contribution in [3.05, 3.63) is 23.8 Å². The zero-order chi connectivity index (χ0) is 13.5. The highest BCUT2D eigenvalue weighted by Crippen LogP contribution is 2.19. The lowest BCUT2D eigenvalue weighted by Gasteiger charge is -2.34. The molecule has 96 valence electrons. The van der Waals surface area contributed by atoms with Crippen LogP contribution in [0.1, 0.15) is 41.5 Å². The molecule has 0 aliphatic heterocycles. The first-order valence-electron chi connectivity index (χ1n) is 5.75.